The number of ether oxygens (including phenoxy) is 1. The molecular weight excluding hydrogens is 370 g/mol. The van der Waals surface area contributed by atoms with E-state index in [0.717, 1.165) is 17.0 Å². The van der Waals surface area contributed by atoms with Crippen molar-refractivity contribution < 1.29 is 14.3 Å². The Kier molecular flexibility index (Phi) is 6.36. The predicted molar refractivity (Wildman–Crippen MR) is 111 cm³/mol. The Morgan fingerprint density at radius 2 is 1.59 bits per heavy atom. The van der Waals surface area contributed by atoms with E-state index in [9.17, 15) is 9.59 Å². The number of hydrogen-bond acceptors (Lipinski definition) is 6. The Morgan fingerprint density at radius 3 is 2.24 bits per heavy atom. The Hall–Kier alpha value is -3.94. The van der Waals surface area contributed by atoms with Crippen LogP contribution in [0.15, 0.2) is 60.7 Å². The number of methoxy groups -OCH3 is 1. The first-order valence-electron chi connectivity index (χ1n) is 8.93. The number of rotatable bonds is 7. The van der Waals surface area contributed by atoms with Crippen molar-refractivity contribution in [2.45, 2.75) is 13.3 Å². The van der Waals surface area contributed by atoms with E-state index in [1.807, 2.05) is 36.4 Å². The average molecular weight is 391 g/mol. The Bertz CT molecular complexity index is 988. The number of anilines is 4. The third-order valence-corrected chi connectivity index (χ3v) is 3.91. The van der Waals surface area contributed by atoms with Gasteiger partial charge < -0.3 is 20.7 Å². The summed E-state index contributed by atoms with van der Waals surface area (Å²) >= 11 is 0. The van der Waals surface area contributed by atoms with Gasteiger partial charge in [0.15, 0.2) is 11.6 Å². The highest BCUT2D eigenvalue weighted by atomic mass is 16.5. The molecule has 0 bridgehead atoms. The minimum Gasteiger partial charge on any atom is -0.497 e. The molecule has 1 aromatic heterocycles. The molecular formula is C21H21N5O3. The quantitative estimate of drug-likeness (QED) is 0.570. The molecule has 0 saturated carbocycles. The van der Waals surface area contributed by atoms with Gasteiger partial charge in [-0.2, -0.15) is 0 Å². The highest BCUT2D eigenvalue weighted by molar-refractivity contribution is 5.91. The lowest BCUT2D eigenvalue weighted by molar-refractivity contribution is -0.116. The van der Waals surface area contributed by atoms with Crippen LogP contribution in [-0.4, -0.2) is 29.1 Å². The van der Waals surface area contributed by atoms with Gasteiger partial charge in [0.2, 0.25) is 11.8 Å². The molecule has 1 heterocycles. The van der Waals surface area contributed by atoms with Crippen LogP contribution in [0.4, 0.5) is 23.0 Å². The molecule has 3 rings (SSSR count). The maximum atomic E-state index is 12.2. The first-order chi connectivity index (χ1) is 14.0. The van der Waals surface area contributed by atoms with E-state index in [1.165, 1.54) is 6.92 Å². The monoisotopic (exact) mass is 391 g/mol. The molecule has 0 spiro atoms. The second-order valence-electron chi connectivity index (χ2n) is 6.26. The second kappa shape index (κ2) is 9.32. The zero-order chi connectivity index (χ0) is 20.6. The van der Waals surface area contributed by atoms with Crippen LogP contribution in [0.2, 0.25) is 0 Å². The van der Waals surface area contributed by atoms with Gasteiger partial charge in [-0.3, -0.25) is 9.59 Å². The maximum absolute atomic E-state index is 12.2. The minimum atomic E-state index is -0.187. The van der Waals surface area contributed by atoms with Crippen molar-refractivity contribution in [3.8, 4) is 5.75 Å². The highest BCUT2D eigenvalue weighted by Gasteiger charge is 2.07. The Morgan fingerprint density at radius 1 is 0.897 bits per heavy atom. The van der Waals surface area contributed by atoms with E-state index in [4.69, 9.17) is 4.74 Å². The summed E-state index contributed by atoms with van der Waals surface area (Å²) < 4.78 is 5.10. The zero-order valence-corrected chi connectivity index (χ0v) is 16.1. The summed E-state index contributed by atoms with van der Waals surface area (Å²) in [5, 5.41) is 16.6. The lowest BCUT2D eigenvalue weighted by Gasteiger charge is -2.09. The first kappa shape index (κ1) is 19.8. The number of carbonyl (C=O) groups excluding carboxylic acids is 2. The number of carbonyl (C=O) groups is 2. The molecule has 0 atom stereocenters. The molecule has 0 aliphatic carbocycles. The Labute approximate surface area is 168 Å². The summed E-state index contributed by atoms with van der Waals surface area (Å²) in [7, 11) is 1.60. The zero-order valence-electron chi connectivity index (χ0n) is 16.1. The van der Waals surface area contributed by atoms with Crippen LogP contribution in [0, 0.1) is 0 Å². The maximum Gasteiger partial charge on any atom is 0.229 e. The van der Waals surface area contributed by atoms with E-state index >= 15 is 0 Å². The van der Waals surface area contributed by atoms with Crippen molar-refractivity contribution in [1.82, 2.24) is 10.2 Å². The van der Waals surface area contributed by atoms with Crippen LogP contribution in [0.1, 0.15) is 12.5 Å². The molecule has 2 aromatic carbocycles. The van der Waals surface area contributed by atoms with Crippen molar-refractivity contribution in [1.29, 1.82) is 0 Å². The molecule has 8 nitrogen and oxygen atoms in total. The molecule has 2 amide bonds. The number of amides is 2. The molecule has 8 heteroatoms. The average Bonchev–Trinajstić information content (AvgIpc) is 2.70. The topological polar surface area (TPSA) is 105 Å². The van der Waals surface area contributed by atoms with Gasteiger partial charge in [-0.1, -0.05) is 18.2 Å². The molecule has 29 heavy (non-hydrogen) atoms. The van der Waals surface area contributed by atoms with Gasteiger partial charge in [0, 0.05) is 18.3 Å². The van der Waals surface area contributed by atoms with Gasteiger partial charge in [0.05, 0.1) is 13.5 Å². The summed E-state index contributed by atoms with van der Waals surface area (Å²) in [5.41, 5.74) is 2.30. The van der Waals surface area contributed by atoms with Crippen LogP contribution in [0.3, 0.4) is 0 Å². The van der Waals surface area contributed by atoms with Crippen LogP contribution in [0.25, 0.3) is 0 Å². The van der Waals surface area contributed by atoms with Crippen LogP contribution in [-0.2, 0) is 16.0 Å². The fourth-order valence-corrected chi connectivity index (χ4v) is 2.61. The molecule has 148 valence electrons. The van der Waals surface area contributed by atoms with Crippen molar-refractivity contribution >= 4 is 34.8 Å². The largest absolute Gasteiger partial charge is 0.497 e. The molecule has 0 aliphatic rings. The van der Waals surface area contributed by atoms with Gasteiger partial charge in [0.25, 0.3) is 0 Å². The fourth-order valence-electron chi connectivity index (χ4n) is 2.61. The molecule has 0 unspecified atom stereocenters. The molecule has 0 aliphatic heterocycles. The molecule has 0 fully saturated rings. The third-order valence-electron chi connectivity index (χ3n) is 3.91. The second-order valence-corrected chi connectivity index (χ2v) is 6.26. The SMILES string of the molecule is COc1ccc(CC(=O)Nc2ccc(Nc3cccc(NC(C)=O)c3)nn2)cc1. The van der Waals surface area contributed by atoms with Crippen LogP contribution < -0.4 is 20.7 Å². The van der Waals surface area contributed by atoms with Gasteiger partial charge in [-0.25, -0.2) is 0 Å². The van der Waals surface area contributed by atoms with Crippen LogP contribution >= 0.6 is 0 Å². The van der Waals surface area contributed by atoms with Crippen molar-refractivity contribution in [2.24, 2.45) is 0 Å². The smallest absolute Gasteiger partial charge is 0.229 e. The number of nitrogens with one attached hydrogen (secondary N) is 3. The number of benzene rings is 2. The van der Waals surface area contributed by atoms with E-state index in [2.05, 4.69) is 26.1 Å². The molecule has 3 N–H and O–H groups in total. The molecule has 0 radical (unpaired) electrons. The van der Waals surface area contributed by atoms with E-state index in [0.29, 0.717) is 17.3 Å². The van der Waals surface area contributed by atoms with Gasteiger partial charge in [0.1, 0.15) is 5.75 Å². The predicted octanol–water partition coefficient (Wildman–Crippen LogP) is 3.37. The van der Waals surface area contributed by atoms with Crippen molar-refractivity contribution in [3.63, 3.8) is 0 Å². The Balaban J connectivity index is 1.56. The normalized spacial score (nSPS) is 10.1. The summed E-state index contributed by atoms with van der Waals surface area (Å²) in [6, 6.07) is 17.9. The number of aromatic nitrogens is 2. The minimum absolute atomic E-state index is 0.142. The van der Waals surface area contributed by atoms with E-state index in [1.54, 1.807) is 31.4 Å². The van der Waals surface area contributed by atoms with Gasteiger partial charge in [-0.05, 0) is 48.0 Å². The summed E-state index contributed by atoms with van der Waals surface area (Å²) in [6.07, 6.45) is 0.224. The summed E-state index contributed by atoms with van der Waals surface area (Å²) in [5.74, 6) is 1.29. The summed E-state index contributed by atoms with van der Waals surface area (Å²) in [6.45, 7) is 1.45. The van der Waals surface area contributed by atoms with Gasteiger partial charge >= 0.3 is 0 Å². The lowest BCUT2D eigenvalue weighted by atomic mass is 10.1. The fraction of sp³-hybridized carbons (Fsp3) is 0.143. The van der Waals surface area contributed by atoms with E-state index < -0.39 is 0 Å². The van der Waals surface area contributed by atoms with Gasteiger partial charge in [-0.15, -0.1) is 10.2 Å². The third kappa shape index (κ3) is 6.03. The van der Waals surface area contributed by atoms with E-state index in [-0.39, 0.29) is 18.2 Å². The highest BCUT2D eigenvalue weighted by Crippen LogP contribution is 2.19. The van der Waals surface area contributed by atoms with Crippen molar-refractivity contribution in [3.05, 3.63) is 66.2 Å². The first-order valence-corrected chi connectivity index (χ1v) is 8.93. The standard InChI is InChI=1S/C21H21N5O3/c1-14(27)22-16-4-3-5-17(13-16)23-19-10-11-20(26-25-19)24-21(28)12-15-6-8-18(29-2)9-7-15/h3-11,13H,12H2,1-2H3,(H,22,27)(H,23,25)(H,24,26,28). The lowest BCUT2D eigenvalue weighted by Crippen LogP contribution is -2.15. The van der Waals surface area contributed by atoms with Crippen molar-refractivity contribution in [2.75, 3.05) is 23.1 Å². The number of hydrogen-bond donors (Lipinski definition) is 3. The molecule has 3 aromatic rings. The summed E-state index contributed by atoms with van der Waals surface area (Å²) in [4.78, 5) is 23.3. The van der Waals surface area contributed by atoms with Crippen LogP contribution in [0.5, 0.6) is 5.75 Å². The number of nitrogens with zero attached hydrogens (tertiary/aromatic N) is 2. The molecule has 0 saturated heterocycles.